The fourth-order valence-corrected chi connectivity index (χ4v) is 5.90. The molecule has 0 aliphatic rings. The third kappa shape index (κ3) is 8.07. The maximum absolute atomic E-state index is 14.1. The summed E-state index contributed by atoms with van der Waals surface area (Å²) in [5, 5.41) is -1.91. The zero-order valence-corrected chi connectivity index (χ0v) is 26.5. The van der Waals surface area contributed by atoms with Crippen molar-refractivity contribution in [2.24, 2.45) is 11.5 Å². The number of hydrogen-bond acceptors (Lipinski definition) is 2. The molecule has 0 bridgehead atoms. The number of thiocarbonyl (C=S) groups is 2. The molecule has 4 aromatic carbocycles. The van der Waals surface area contributed by atoms with Crippen LogP contribution in [0.3, 0.4) is 0 Å². The number of halogens is 12. The van der Waals surface area contributed by atoms with Crippen LogP contribution in [0, 0.1) is 0 Å². The summed E-state index contributed by atoms with van der Waals surface area (Å²) >= 11 is 10.5. The highest BCUT2D eigenvalue weighted by Gasteiger charge is 2.50. The standard InChI is InChI=1S/C32H22F12N4S2/c33-29(34,35)20-11-21(30(36,37)38)14-24(13-20)47(26(45)49)28(19-9-5-2-6-10-19,17-18-7-3-1-4-8-18)48(27(46)50)25-15-22(31(39,40)41)12-23(16-25)32(42,43)44/h1-16H,17H2,(H2,45,49)(H2,46,50). The Morgan fingerprint density at radius 3 is 1.04 bits per heavy atom. The van der Waals surface area contributed by atoms with Crippen LogP contribution in [0.4, 0.5) is 64.1 Å². The van der Waals surface area contributed by atoms with E-state index in [1.807, 2.05) is 0 Å². The maximum Gasteiger partial charge on any atom is 0.416 e. The summed E-state index contributed by atoms with van der Waals surface area (Å²) in [5.41, 5.74) is 0.350. The maximum atomic E-state index is 14.1. The Morgan fingerprint density at radius 2 is 0.760 bits per heavy atom. The van der Waals surface area contributed by atoms with E-state index in [4.69, 9.17) is 35.9 Å². The molecule has 18 heteroatoms. The molecule has 0 atom stereocenters. The molecular formula is C32H22F12N4S2. The van der Waals surface area contributed by atoms with E-state index in [1.165, 1.54) is 60.7 Å². The van der Waals surface area contributed by atoms with Crippen LogP contribution in [0.25, 0.3) is 0 Å². The van der Waals surface area contributed by atoms with Crippen LogP contribution in [0.1, 0.15) is 33.4 Å². The molecule has 0 saturated heterocycles. The molecule has 0 radical (unpaired) electrons. The quantitative estimate of drug-likeness (QED) is 0.111. The number of anilines is 2. The summed E-state index contributed by atoms with van der Waals surface area (Å²) in [6.45, 7) is 0. The summed E-state index contributed by atoms with van der Waals surface area (Å²) in [6.07, 6.45) is -22.2. The predicted octanol–water partition coefficient (Wildman–Crippen LogP) is 9.66. The van der Waals surface area contributed by atoms with Gasteiger partial charge in [-0.3, -0.25) is 9.80 Å². The van der Waals surface area contributed by atoms with E-state index >= 15 is 0 Å². The van der Waals surface area contributed by atoms with Crippen LogP contribution in [0.5, 0.6) is 0 Å². The van der Waals surface area contributed by atoms with E-state index in [9.17, 15) is 52.7 Å². The number of benzene rings is 4. The first-order valence-corrected chi connectivity index (χ1v) is 14.7. The second-order valence-corrected chi connectivity index (χ2v) is 11.6. The summed E-state index contributed by atoms with van der Waals surface area (Å²) in [5.74, 6) is 0. The summed E-state index contributed by atoms with van der Waals surface area (Å²) in [7, 11) is 0. The van der Waals surface area contributed by atoms with Gasteiger partial charge in [-0.25, -0.2) is 0 Å². The lowest BCUT2D eigenvalue weighted by atomic mass is 9.86. The van der Waals surface area contributed by atoms with Crippen LogP contribution in [0.2, 0.25) is 0 Å². The Hall–Kier alpha value is -4.58. The van der Waals surface area contributed by atoms with Crippen molar-refractivity contribution in [3.05, 3.63) is 130 Å². The van der Waals surface area contributed by atoms with Gasteiger partial charge in [0.05, 0.1) is 22.3 Å². The zero-order valence-electron chi connectivity index (χ0n) is 24.8. The van der Waals surface area contributed by atoms with Crippen molar-refractivity contribution in [2.75, 3.05) is 9.80 Å². The Kier molecular flexibility index (Phi) is 10.4. The molecule has 4 aromatic rings. The first-order chi connectivity index (χ1) is 23.0. The van der Waals surface area contributed by atoms with Gasteiger partial charge in [0.2, 0.25) is 0 Å². The van der Waals surface area contributed by atoms with Crippen molar-refractivity contribution < 1.29 is 52.7 Å². The molecule has 0 spiro atoms. The van der Waals surface area contributed by atoms with Crippen molar-refractivity contribution in [3.63, 3.8) is 0 Å². The van der Waals surface area contributed by atoms with E-state index in [1.54, 1.807) is 0 Å². The number of nitrogens with zero attached hydrogens (tertiary/aromatic N) is 2. The van der Waals surface area contributed by atoms with E-state index in [0.29, 0.717) is 9.80 Å². The molecule has 0 aromatic heterocycles. The second kappa shape index (κ2) is 13.6. The second-order valence-electron chi connectivity index (χ2n) is 10.7. The molecular weight excluding hydrogens is 732 g/mol. The lowest BCUT2D eigenvalue weighted by Gasteiger charge is -2.52. The van der Waals surface area contributed by atoms with Gasteiger partial charge in [-0.15, -0.1) is 0 Å². The molecule has 266 valence electrons. The van der Waals surface area contributed by atoms with Crippen LogP contribution in [-0.4, -0.2) is 10.2 Å². The lowest BCUT2D eigenvalue weighted by Crippen LogP contribution is -2.66. The van der Waals surface area contributed by atoms with Crippen LogP contribution < -0.4 is 21.3 Å². The van der Waals surface area contributed by atoms with Crippen molar-refractivity contribution in [1.82, 2.24) is 0 Å². The first-order valence-electron chi connectivity index (χ1n) is 13.8. The van der Waals surface area contributed by atoms with Crippen molar-refractivity contribution in [1.29, 1.82) is 0 Å². The van der Waals surface area contributed by atoms with E-state index in [0.717, 1.165) is 0 Å². The molecule has 4 N–H and O–H groups in total. The van der Waals surface area contributed by atoms with E-state index in [2.05, 4.69) is 0 Å². The average molecular weight is 755 g/mol. The van der Waals surface area contributed by atoms with Gasteiger partial charge in [-0.2, -0.15) is 52.7 Å². The minimum Gasteiger partial charge on any atom is -0.376 e. The molecule has 0 saturated carbocycles. The third-order valence-electron chi connectivity index (χ3n) is 7.37. The smallest absolute Gasteiger partial charge is 0.376 e. The van der Waals surface area contributed by atoms with Crippen LogP contribution >= 0.6 is 24.4 Å². The number of nitrogens with two attached hydrogens (primary N) is 2. The molecule has 50 heavy (non-hydrogen) atoms. The van der Waals surface area contributed by atoms with Gasteiger partial charge in [0.1, 0.15) is 0 Å². The molecule has 0 amide bonds. The minimum atomic E-state index is -5.39. The highest BCUT2D eigenvalue weighted by Crippen LogP contribution is 2.47. The highest BCUT2D eigenvalue weighted by molar-refractivity contribution is 7.80. The summed E-state index contributed by atoms with van der Waals surface area (Å²) in [4.78, 5) is 1.09. The van der Waals surface area contributed by atoms with Gasteiger partial charge >= 0.3 is 24.7 Å². The fourth-order valence-electron chi connectivity index (χ4n) is 5.39. The van der Waals surface area contributed by atoms with Crippen molar-refractivity contribution in [2.45, 2.75) is 36.8 Å². The fraction of sp³-hybridized carbons (Fsp3) is 0.188. The molecule has 4 nitrogen and oxygen atoms in total. The summed E-state index contributed by atoms with van der Waals surface area (Å²) in [6, 6.07) is 14.6. The molecule has 0 aliphatic heterocycles. The Morgan fingerprint density at radius 1 is 0.460 bits per heavy atom. The van der Waals surface area contributed by atoms with Gasteiger partial charge in [0, 0.05) is 17.8 Å². The van der Waals surface area contributed by atoms with Gasteiger partial charge < -0.3 is 11.5 Å². The van der Waals surface area contributed by atoms with Crippen LogP contribution in [0.15, 0.2) is 97.1 Å². The normalized spacial score (nSPS) is 12.8. The molecule has 0 heterocycles. The first kappa shape index (κ1) is 38.2. The molecule has 0 unspecified atom stereocenters. The average Bonchev–Trinajstić information content (AvgIpc) is 2.99. The largest absolute Gasteiger partial charge is 0.416 e. The molecule has 0 fully saturated rings. The van der Waals surface area contributed by atoms with Gasteiger partial charge in [-0.05, 0) is 72.0 Å². The topological polar surface area (TPSA) is 58.5 Å². The Balaban J connectivity index is 2.29. The Bertz CT molecular complexity index is 1700. The van der Waals surface area contributed by atoms with Gasteiger partial charge in [0.25, 0.3) is 0 Å². The lowest BCUT2D eigenvalue weighted by molar-refractivity contribution is -0.144. The molecule has 4 rings (SSSR count). The van der Waals surface area contributed by atoms with E-state index in [-0.39, 0.29) is 47.5 Å². The Labute approximate surface area is 286 Å². The summed E-state index contributed by atoms with van der Waals surface area (Å²) < 4.78 is 169. The van der Waals surface area contributed by atoms with Gasteiger partial charge in [-0.1, -0.05) is 60.7 Å². The third-order valence-corrected chi connectivity index (χ3v) is 7.74. The monoisotopic (exact) mass is 754 g/mol. The highest BCUT2D eigenvalue weighted by atomic mass is 32.1. The minimum absolute atomic E-state index is 0.165. The van der Waals surface area contributed by atoms with Crippen molar-refractivity contribution in [3.8, 4) is 0 Å². The molecule has 0 aliphatic carbocycles. The van der Waals surface area contributed by atoms with Crippen molar-refractivity contribution >= 4 is 46.0 Å². The zero-order chi connectivity index (χ0) is 37.4. The number of rotatable bonds is 7. The van der Waals surface area contributed by atoms with Crippen LogP contribution in [-0.2, 0) is 36.8 Å². The SMILES string of the molecule is NC(=S)N(c1cc(C(F)(F)F)cc(C(F)(F)F)c1)C(Cc1ccccc1)(c1ccccc1)N(C(N)=S)c1cc(C(F)(F)F)cc(C(F)(F)F)c1. The van der Waals surface area contributed by atoms with E-state index < -0.39 is 80.6 Å². The number of hydrogen-bond donors (Lipinski definition) is 2. The van der Waals surface area contributed by atoms with Gasteiger partial charge in [0.15, 0.2) is 15.9 Å². The predicted molar refractivity (Wildman–Crippen MR) is 170 cm³/mol. The number of alkyl halides is 12.